The molecule has 60 valence electrons. The van der Waals surface area contributed by atoms with Crippen LogP contribution in [0.15, 0.2) is 0 Å². The van der Waals surface area contributed by atoms with Crippen LogP contribution in [-0.2, 0) is 19.1 Å². The van der Waals surface area contributed by atoms with Crippen LogP contribution in [0.1, 0.15) is 6.92 Å². The fraction of sp³-hybridized carbons (Fsp3) is 0.750. The minimum absolute atomic E-state index is 0.828. The van der Waals surface area contributed by atoms with E-state index in [0.717, 1.165) is 6.26 Å². The monoisotopic (exact) mass is 186 g/mol. The molecule has 0 aromatic rings. The molecular formula is C4H7ClO4S. The maximum absolute atomic E-state index is 10.3. The molecule has 1 atom stereocenters. The summed E-state index contributed by atoms with van der Waals surface area (Å²) in [5.41, 5.74) is 0. The van der Waals surface area contributed by atoms with Crippen molar-refractivity contribution in [3.05, 3.63) is 0 Å². The molecule has 10 heavy (non-hydrogen) atoms. The molecule has 0 heterocycles. The largest absolute Gasteiger partial charge is 0.278 e. The van der Waals surface area contributed by atoms with Gasteiger partial charge < -0.3 is 0 Å². The number of hydrogen-bond donors (Lipinski definition) is 0. The van der Waals surface area contributed by atoms with Crippen LogP contribution in [0.5, 0.6) is 0 Å². The van der Waals surface area contributed by atoms with Gasteiger partial charge in [0.05, 0.1) is 6.26 Å². The molecule has 6 heteroatoms. The summed E-state index contributed by atoms with van der Waals surface area (Å²) in [6, 6.07) is 0. The van der Waals surface area contributed by atoms with Crippen molar-refractivity contribution in [3.8, 4) is 0 Å². The minimum Gasteiger partial charge on any atom is -0.278 e. The molecule has 4 nitrogen and oxygen atoms in total. The van der Waals surface area contributed by atoms with Crippen molar-refractivity contribution in [2.45, 2.75) is 13.0 Å². The van der Waals surface area contributed by atoms with Crippen molar-refractivity contribution in [3.63, 3.8) is 0 Å². The highest BCUT2D eigenvalue weighted by atomic mass is 35.5. The summed E-state index contributed by atoms with van der Waals surface area (Å²) in [5, 5.41) is -0.828. The molecule has 0 fully saturated rings. The van der Waals surface area contributed by atoms with Gasteiger partial charge in [0.1, 0.15) is 6.10 Å². The highest BCUT2D eigenvalue weighted by molar-refractivity contribution is 7.86. The second kappa shape index (κ2) is 3.32. The van der Waals surface area contributed by atoms with Crippen LogP contribution < -0.4 is 0 Å². The first-order valence-electron chi connectivity index (χ1n) is 2.40. The van der Waals surface area contributed by atoms with Crippen LogP contribution >= 0.6 is 11.6 Å². The third-order valence-corrected chi connectivity index (χ3v) is 1.58. The number of carbonyl (C=O) groups is 1. The Kier molecular flexibility index (Phi) is 3.27. The minimum atomic E-state index is -3.57. The van der Waals surface area contributed by atoms with Crippen molar-refractivity contribution in [1.29, 1.82) is 0 Å². The average Bonchev–Trinajstić information content (AvgIpc) is 1.60. The quantitative estimate of drug-likeness (QED) is 0.464. The Morgan fingerprint density at radius 1 is 1.60 bits per heavy atom. The third-order valence-electron chi connectivity index (χ3n) is 0.639. The normalized spacial score (nSPS) is 14.7. The van der Waals surface area contributed by atoms with Gasteiger partial charge in [-0.2, -0.15) is 8.42 Å². The maximum atomic E-state index is 10.3. The maximum Gasteiger partial charge on any atom is 0.265 e. The molecule has 0 aliphatic rings. The van der Waals surface area contributed by atoms with Gasteiger partial charge in [0.25, 0.3) is 15.4 Å². The molecule has 0 saturated heterocycles. The first-order valence-corrected chi connectivity index (χ1v) is 4.60. The van der Waals surface area contributed by atoms with Gasteiger partial charge in [-0.25, -0.2) is 0 Å². The summed E-state index contributed by atoms with van der Waals surface area (Å²) in [7, 11) is -3.57. The molecular weight excluding hydrogens is 180 g/mol. The zero-order chi connectivity index (χ0) is 8.36. The highest BCUT2D eigenvalue weighted by Crippen LogP contribution is 2.00. The van der Waals surface area contributed by atoms with E-state index in [4.69, 9.17) is 11.6 Å². The predicted octanol–water partition coefficient (Wildman–Crippen LogP) is 0.117. The van der Waals surface area contributed by atoms with Crippen molar-refractivity contribution in [2.75, 3.05) is 6.26 Å². The Morgan fingerprint density at radius 2 is 2.00 bits per heavy atom. The van der Waals surface area contributed by atoms with E-state index in [0.29, 0.717) is 0 Å². The molecule has 0 radical (unpaired) electrons. The second-order valence-electron chi connectivity index (χ2n) is 1.75. The Bertz CT molecular complexity index is 219. The van der Waals surface area contributed by atoms with Crippen LogP contribution in [0, 0.1) is 0 Å². The summed E-state index contributed by atoms with van der Waals surface area (Å²) in [6.07, 6.45) is -0.250. The Morgan fingerprint density at radius 3 is 2.10 bits per heavy atom. The van der Waals surface area contributed by atoms with Crippen LogP contribution in [0.4, 0.5) is 0 Å². The predicted molar refractivity (Wildman–Crippen MR) is 36.3 cm³/mol. The Hall–Kier alpha value is -0.130. The molecule has 1 unspecified atom stereocenters. The van der Waals surface area contributed by atoms with Gasteiger partial charge in [0.2, 0.25) is 0 Å². The van der Waals surface area contributed by atoms with Gasteiger partial charge in [-0.05, 0) is 18.5 Å². The Labute approximate surface area is 64.2 Å². The van der Waals surface area contributed by atoms with Gasteiger partial charge in [-0.1, -0.05) is 0 Å². The van der Waals surface area contributed by atoms with E-state index < -0.39 is 21.5 Å². The van der Waals surface area contributed by atoms with Crippen molar-refractivity contribution in [2.24, 2.45) is 0 Å². The van der Waals surface area contributed by atoms with Crippen LogP contribution in [0.3, 0.4) is 0 Å². The van der Waals surface area contributed by atoms with E-state index >= 15 is 0 Å². The smallest absolute Gasteiger partial charge is 0.265 e. The molecule has 0 saturated carbocycles. The summed E-state index contributed by atoms with van der Waals surface area (Å²) in [6.45, 7) is 1.26. The highest BCUT2D eigenvalue weighted by Gasteiger charge is 2.15. The number of hydrogen-bond acceptors (Lipinski definition) is 4. The third kappa shape index (κ3) is 4.72. The van der Waals surface area contributed by atoms with Crippen molar-refractivity contribution >= 4 is 27.0 Å². The first-order chi connectivity index (χ1) is 4.33. The van der Waals surface area contributed by atoms with Crippen LogP contribution in [0.25, 0.3) is 0 Å². The first kappa shape index (κ1) is 9.87. The van der Waals surface area contributed by atoms with Gasteiger partial charge in [-0.3, -0.25) is 8.98 Å². The molecule has 0 N–H and O–H groups in total. The lowest BCUT2D eigenvalue weighted by Crippen LogP contribution is -2.19. The van der Waals surface area contributed by atoms with Gasteiger partial charge in [-0.15, -0.1) is 0 Å². The topological polar surface area (TPSA) is 60.4 Å². The molecule has 0 aromatic heterocycles. The number of rotatable bonds is 3. The Balaban J connectivity index is 4.06. The summed E-state index contributed by atoms with van der Waals surface area (Å²) >= 11 is 4.91. The molecule has 0 aliphatic carbocycles. The fourth-order valence-electron chi connectivity index (χ4n) is 0.300. The molecule has 0 spiro atoms. The molecule has 0 amide bonds. The molecule has 0 bridgehead atoms. The van der Waals surface area contributed by atoms with E-state index in [-0.39, 0.29) is 0 Å². The SMILES string of the molecule is CC(OS(C)(=O)=O)C(=O)Cl. The van der Waals surface area contributed by atoms with Crippen LogP contribution in [-0.4, -0.2) is 26.0 Å². The van der Waals surface area contributed by atoms with Gasteiger partial charge >= 0.3 is 0 Å². The summed E-state index contributed by atoms with van der Waals surface area (Å²) < 4.78 is 24.8. The van der Waals surface area contributed by atoms with Gasteiger partial charge in [0, 0.05) is 0 Å². The van der Waals surface area contributed by atoms with Crippen LogP contribution in [0.2, 0.25) is 0 Å². The summed E-state index contributed by atoms with van der Waals surface area (Å²) in [4.78, 5) is 10.2. The lowest BCUT2D eigenvalue weighted by Gasteiger charge is -2.03. The van der Waals surface area contributed by atoms with E-state index in [1.807, 2.05) is 0 Å². The standard InChI is InChI=1S/C4H7ClO4S/c1-3(4(5)6)9-10(2,7)8/h3H,1-2H3. The lowest BCUT2D eigenvalue weighted by atomic mass is 10.5. The zero-order valence-corrected chi connectivity index (χ0v) is 7.07. The molecule has 0 aliphatic heterocycles. The van der Waals surface area contributed by atoms with E-state index in [2.05, 4.69) is 4.18 Å². The van der Waals surface area contributed by atoms with E-state index in [1.165, 1.54) is 6.92 Å². The molecule has 0 aromatic carbocycles. The number of carbonyl (C=O) groups excluding carboxylic acids is 1. The van der Waals surface area contributed by atoms with E-state index in [9.17, 15) is 13.2 Å². The lowest BCUT2D eigenvalue weighted by molar-refractivity contribution is -0.117. The van der Waals surface area contributed by atoms with Crippen molar-refractivity contribution in [1.82, 2.24) is 0 Å². The second-order valence-corrected chi connectivity index (χ2v) is 3.72. The zero-order valence-electron chi connectivity index (χ0n) is 5.50. The van der Waals surface area contributed by atoms with Crippen molar-refractivity contribution < 1.29 is 17.4 Å². The number of halogens is 1. The van der Waals surface area contributed by atoms with Gasteiger partial charge in [0.15, 0.2) is 0 Å². The fourth-order valence-corrected chi connectivity index (χ4v) is 1.01. The molecule has 0 rings (SSSR count). The van der Waals surface area contributed by atoms with E-state index in [1.54, 1.807) is 0 Å². The summed E-state index contributed by atoms with van der Waals surface area (Å²) in [5.74, 6) is 0. The average molecular weight is 187 g/mol.